The van der Waals surface area contributed by atoms with Crippen molar-refractivity contribution in [2.45, 2.75) is 39.7 Å². The lowest BCUT2D eigenvalue weighted by molar-refractivity contribution is 0.0697. The van der Waals surface area contributed by atoms with Crippen molar-refractivity contribution in [1.82, 2.24) is 9.55 Å². The number of carboxylic acids is 1. The van der Waals surface area contributed by atoms with Crippen molar-refractivity contribution in [3.8, 4) is 0 Å². The van der Waals surface area contributed by atoms with Gasteiger partial charge in [-0.25, -0.2) is 9.78 Å². The lowest BCUT2D eigenvalue weighted by Gasteiger charge is -2.20. The Hall–Kier alpha value is -1.88. The lowest BCUT2D eigenvalue weighted by atomic mass is 9.95. The molecule has 0 bridgehead atoms. The van der Waals surface area contributed by atoms with Gasteiger partial charge in [0.15, 0.2) is 0 Å². The van der Waals surface area contributed by atoms with Crippen LogP contribution in [-0.4, -0.2) is 33.8 Å². The first-order valence-corrected chi connectivity index (χ1v) is 7.16. The maximum Gasteiger partial charge on any atom is 0.335 e. The molecule has 0 fully saturated rings. The number of benzene rings is 1. The molecule has 0 atom stereocenters. The minimum Gasteiger partial charge on any atom is -0.478 e. The Morgan fingerprint density at radius 2 is 2.10 bits per heavy atom. The molecule has 1 aromatic carbocycles. The van der Waals surface area contributed by atoms with Gasteiger partial charge >= 0.3 is 5.97 Å². The Morgan fingerprint density at radius 3 is 2.67 bits per heavy atom. The summed E-state index contributed by atoms with van der Waals surface area (Å²) in [4.78, 5) is 15.8. The van der Waals surface area contributed by atoms with Gasteiger partial charge in [0.2, 0.25) is 0 Å². The number of hydrogen-bond acceptors (Lipinski definition) is 3. The number of aromatic nitrogens is 2. The molecular formula is C16H22N2O3. The quantitative estimate of drug-likeness (QED) is 0.860. The van der Waals surface area contributed by atoms with Gasteiger partial charge in [0.05, 0.1) is 23.2 Å². The van der Waals surface area contributed by atoms with Crippen molar-refractivity contribution in [3.63, 3.8) is 0 Å². The Balaban J connectivity index is 2.56. The van der Waals surface area contributed by atoms with Crippen LogP contribution in [0.3, 0.4) is 0 Å². The fourth-order valence-electron chi connectivity index (χ4n) is 2.35. The topological polar surface area (TPSA) is 64.4 Å². The van der Waals surface area contributed by atoms with Crippen LogP contribution in [0.5, 0.6) is 0 Å². The summed E-state index contributed by atoms with van der Waals surface area (Å²) >= 11 is 0. The number of carbonyl (C=O) groups is 1. The van der Waals surface area contributed by atoms with Crippen molar-refractivity contribution in [2.75, 3.05) is 13.2 Å². The smallest absolute Gasteiger partial charge is 0.335 e. The van der Waals surface area contributed by atoms with Gasteiger partial charge in [-0.2, -0.15) is 0 Å². The highest BCUT2D eigenvalue weighted by atomic mass is 16.5. The lowest BCUT2D eigenvalue weighted by Crippen LogP contribution is -2.20. The minimum absolute atomic E-state index is 0.116. The van der Waals surface area contributed by atoms with E-state index in [0.29, 0.717) is 19.8 Å². The second-order valence-electron chi connectivity index (χ2n) is 6.04. The molecule has 1 aromatic heterocycles. The zero-order chi connectivity index (χ0) is 15.6. The average Bonchev–Trinajstić information content (AvgIpc) is 2.77. The summed E-state index contributed by atoms with van der Waals surface area (Å²) in [5.41, 5.74) is 1.83. The number of rotatable bonds is 5. The van der Waals surface area contributed by atoms with Crippen LogP contribution in [0.2, 0.25) is 0 Å². The van der Waals surface area contributed by atoms with E-state index in [-0.39, 0.29) is 11.0 Å². The molecule has 114 valence electrons. The summed E-state index contributed by atoms with van der Waals surface area (Å²) in [6, 6.07) is 5.05. The van der Waals surface area contributed by atoms with Crippen molar-refractivity contribution < 1.29 is 14.6 Å². The van der Waals surface area contributed by atoms with Crippen molar-refractivity contribution in [2.24, 2.45) is 0 Å². The van der Waals surface area contributed by atoms with Crippen LogP contribution in [-0.2, 0) is 16.7 Å². The molecule has 0 aliphatic rings. The van der Waals surface area contributed by atoms with Gasteiger partial charge in [0.25, 0.3) is 0 Å². The zero-order valence-corrected chi connectivity index (χ0v) is 13.0. The molecular weight excluding hydrogens is 268 g/mol. The van der Waals surface area contributed by atoms with Gasteiger partial charge in [0.1, 0.15) is 5.82 Å². The van der Waals surface area contributed by atoms with Crippen LogP contribution in [0.1, 0.15) is 43.9 Å². The van der Waals surface area contributed by atoms with Gasteiger partial charge in [-0.3, -0.25) is 0 Å². The highest BCUT2D eigenvalue weighted by Gasteiger charge is 2.23. The molecule has 5 heteroatoms. The van der Waals surface area contributed by atoms with Crippen LogP contribution in [0, 0.1) is 0 Å². The molecule has 0 spiro atoms. The number of imidazole rings is 1. The minimum atomic E-state index is -0.924. The highest BCUT2D eigenvalue weighted by Crippen LogP contribution is 2.27. The number of hydrogen-bond donors (Lipinski definition) is 1. The first-order chi connectivity index (χ1) is 9.84. The largest absolute Gasteiger partial charge is 0.478 e. The van der Waals surface area contributed by atoms with E-state index in [2.05, 4.69) is 30.3 Å². The van der Waals surface area contributed by atoms with Gasteiger partial charge in [-0.15, -0.1) is 0 Å². The van der Waals surface area contributed by atoms with Gasteiger partial charge in [-0.1, -0.05) is 20.8 Å². The second-order valence-corrected chi connectivity index (χ2v) is 6.04. The van der Waals surface area contributed by atoms with Crippen LogP contribution < -0.4 is 0 Å². The number of nitrogens with zero attached hydrogens (tertiary/aromatic N) is 2. The number of fused-ring (bicyclic) bond motifs is 1. The molecule has 0 saturated heterocycles. The molecule has 0 aliphatic heterocycles. The predicted octanol–water partition coefficient (Wildman–Crippen LogP) is 3.07. The third-order valence-corrected chi connectivity index (χ3v) is 3.33. The Morgan fingerprint density at radius 1 is 1.38 bits per heavy atom. The molecule has 5 nitrogen and oxygen atoms in total. The van der Waals surface area contributed by atoms with Crippen molar-refractivity contribution in [1.29, 1.82) is 0 Å². The van der Waals surface area contributed by atoms with E-state index in [4.69, 9.17) is 9.84 Å². The predicted molar refractivity (Wildman–Crippen MR) is 81.9 cm³/mol. The Bertz CT molecular complexity index is 653. The van der Waals surface area contributed by atoms with E-state index < -0.39 is 5.97 Å². The summed E-state index contributed by atoms with van der Waals surface area (Å²) in [6.07, 6.45) is 0. The number of ether oxygens (including phenoxy) is 1. The van der Waals surface area contributed by atoms with Crippen LogP contribution >= 0.6 is 0 Å². The summed E-state index contributed by atoms with van der Waals surface area (Å²) in [5.74, 6) is 0.0199. The molecule has 2 aromatic rings. The Kier molecular flexibility index (Phi) is 4.32. The monoisotopic (exact) mass is 290 g/mol. The third-order valence-electron chi connectivity index (χ3n) is 3.33. The molecule has 0 aliphatic carbocycles. The number of aromatic carboxylic acids is 1. The van der Waals surface area contributed by atoms with Gasteiger partial charge < -0.3 is 14.4 Å². The third kappa shape index (κ3) is 3.24. The van der Waals surface area contributed by atoms with Crippen molar-refractivity contribution >= 4 is 17.0 Å². The SMILES string of the molecule is CCOCCn1c(C(C)(C)C)nc2ccc(C(=O)O)cc21. The van der Waals surface area contributed by atoms with E-state index in [0.717, 1.165) is 16.9 Å². The van der Waals surface area contributed by atoms with Gasteiger partial charge in [0, 0.05) is 18.6 Å². The molecule has 2 rings (SSSR count). The molecule has 21 heavy (non-hydrogen) atoms. The molecule has 0 amide bonds. The maximum atomic E-state index is 11.2. The van der Waals surface area contributed by atoms with Crippen molar-refractivity contribution in [3.05, 3.63) is 29.6 Å². The Labute approximate surface area is 124 Å². The normalized spacial score (nSPS) is 12.0. The van der Waals surface area contributed by atoms with E-state index in [9.17, 15) is 4.79 Å². The molecule has 1 N–H and O–H groups in total. The molecule has 0 unspecified atom stereocenters. The summed E-state index contributed by atoms with van der Waals surface area (Å²) in [5, 5.41) is 9.16. The second kappa shape index (κ2) is 5.85. The highest BCUT2D eigenvalue weighted by molar-refractivity contribution is 5.92. The first kappa shape index (κ1) is 15.5. The molecule has 0 saturated carbocycles. The van der Waals surface area contributed by atoms with Gasteiger partial charge in [-0.05, 0) is 25.1 Å². The van der Waals surface area contributed by atoms with Crippen LogP contribution in [0.25, 0.3) is 11.0 Å². The number of carboxylic acid groups (broad SMARTS) is 1. The first-order valence-electron chi connectivity index (χ1n) is 7.16. The van der Waals surface area contributed by atoms with E-state index >= 15 is 0 Å². The summed E-state index contributed by atoms with van der Waals surface area (Å²) < 4.78 is 7.50. The fourth-order valence-corrected chi connectivity index (χ4v) is 2.35. The summed E-state index contributed by atoms with van der Waals surface area (Å²) in [6.45, 7) is 10.2. The summed E-state index contributed by atoms with van der Waals surface area (Å²) in [7, 11) is 0. The fraction of sp³-hybridized carbons (Fsp3) is 0.500. The maximum absolute atomic E-state index is 11.2. The van der Waals surface area contributed by atoms with E-state index in [1.165, 1.54) is 0 Å². The molecule has 0 radical (unpaired) electrons. The van der Waals surface area contributed by atoms with E-state index in [1.807, 2.05) is 6.92 Å². The van der Waals surface area contributed by atoms with Crippen LogP contribution in [0.15, 0.2) is 18.2 Å². The van der Waals surface area contributed by atoms with Crippen LogP contribution in [0.4, 0.5) is 0 Å². The van der Waals surface area contributed by atoms with E-state index in [1.54, 1.807) is 18.2 Å². The average molecular weight is 290 g/mol. The standard InChI is InChI=1S/C16H22N2O3/c1-5-21-9-8-18-13-10-11(14(19)20)6-7-12(13)17-15(18)16(2,3)4/h6-7,10H,5,8-9H2,1-4H3,(H,19,20). The molecule has 1 heterocycles. The zero-order valence-electron chi connectivity index (χ0n) is 13.0.